The summed E-state index contributed by atoms with van der Waals surface area (Å²) in [6.07, 6.45) is 0. The minimum atomic E-state index is 0.635. The molecule has 0 aliphatic carbocycles. The Balaban J connectivity index is 3.02. The van der Waals surface area contributed by atoms with Gasteiger partial charge in [-0.1, -0.05) is 38.1 Å². The Kier molecular flexibility index (Phi) is 3.33. The van der Waals surface area contributed by atoms with Gasteiger partial charge in [0.2, 0.25) is 0 Å². The molecule has 1 aromatic carbocycles. The van der Waals surface area contributed by atoms with Crippen molar-refractivity contribution < 1.29 is 0 Å². The highest BCUT2D eigenvalue weighted by Crippen LogP contribution is 2.10. The van der Waals surface area contributed by atoms with Crippen LogP contribution in [0.25, 0.3) is 0 Å². The van der Waals surface area contributed by atoms with Gasteiger partial charge in [-0.15, -0.1) is 15.3 Å². The summed E-state index contributed by atoms with van der Waals surface area (Å²) < 4.78 is 0. The van der Waals surface area contributed by atoms with Crippen LogP contribution in [0.2, 0.25) is 0 Å². The van der Waals surface area contributed by atoms with Gasteiger partial charge in [0.15, 0.2) is 8.14 Å². The molecule has 58 valence electrons. The van der Waals surface area contributed by atoms with E-state index in [1.807, 2.05) is 0 Å². The maximum atomic E-state index is 3.50. The van der Waals surface area contributed by atoms with Crippen LogP contribution in [0.5, 0.6) is 0 Å². The summed E-state index contributed by atoms with van der Waals surface area (Å²) in [5, 5.41) is 1.43. The number of halogens is 1. The lowest BCUT2D eigenvalue weighted by Crippen LogP contribution is -2.15. The molecule has 2 radical (unpaired) electrons. The summed E-state index contributed by atoms with van der Waals surface area (Å²) in [5.74, 6) is 0.635. The fourth-order valence-corrected chi connectivity index (χ4v) is 2.81. The highest BCUT2D eigenvalue weighted by Gasteiger charge is 2.03. The predicted octanol–water partition coefficient (Wildman–Crippen LogP) is 2.45. The van der Waals surface area contributed by atoms with E-state index in [4.69, 9.17) is 0 Å². The van der Waals surface area contributed by atoms with E-state index in [0.717, 1.165) is 8.14 Å². The molecule has 2 heteroatoms. The second-order valence-corrected chi connectivity index (χ2v) is 4.75. The van der Waals surface area contributed by atoms with Gasteiger partial charge in [-0.2, -0.15) is 0 Å². The molecule has 0 amide bonds. The zero-order chi connectivity index (χ0) is 8.27. The van der Waals surface area contributed by atoms with E-state index in [1.165, 1.54) is 10.8 Å². The van der Waals surface area contributed by atoms with Crippen LogP contribution in [-0.2, 0) is 0 Å². The molecule has 0 saturated heterocycles. The van der Waals surface area contributed by atoms with Gasteiger partial charge < -0.3 is 0 Å². The Bertz CT molecular complexity index is 233. The second kappa shape index (κ2) is 4.07. The summed E-state index contributed by atoms with van der Waals surface area (Å²) in [7, 11) is 0.734. The molecule has 0 aliphatic rings. The minimum absolute atomic E-state index is 0.635. The van der Waals surface area contributed by atoms with E-state index < -0.39 is 0 Å². The SMILES string of the molecule is CC(C)c1ccccc1[Si]Br. The van der Waals surface area contributed by atoms with Gasteiger partial charge in [-0.05, 0) is 16.7 Å². The van der Waals surface area contributed by atoms with Gasteiger partial charge in [0, 0.05) is 0 Å². The molecule has 11 heavy (non-hydrogen) atoms. The van der Waals surface area contributed by atoms with Crippen molar-refractivity contribution in [3.05, 3.63) is 29.8 Å². The Morgan fingerprint density at radius 2 is 1.91 bits per heavy atom. The summed E-state index contributed by atoms with van der Waals surface area (Å²) in [6, 6.07) is 8.58. The maximum absolute atomic E-state index is 3.50. The average Bonchev–Trinajstić information content (AvgIpc) is 2.04. The van der Waals surface area contributed by atoms with Gasteiger partial charge in [0.25, 0.3) is 0 Å². The van der Waals surface area contributed by atoms with Crippen molar-refractivity contribution in [2.45, 2.75) is 19.8 Å². The molecular weight excluding hydrogens is 216 g/mol. The van der Waals surface area contributed by atoms with E-state index in [-0.39, 0.29) is 0 Å². The van der Waals surface area contributed by atoms with Crippen molar-refractivity contribution in [3.8, 4) is 0 Å². The first-order valence-electron chi connectivity index (χ1n) is 3.71. The summed E-state index contributed by atoms with van der Waals surface area (Å²) in [4.78, 5) is 0. The van der Waals surface area contributed by atoms with Gasteiger partial charge in [-0.25, -0.2) is 0 Å². The molecule has 1 aromatic rings. The van der Waals surface area contributed by atoms with Gasteiger partial charge in [0.05, 0.1) is 0 Å². The second-order valence-electron chi connectivity index (χ2n) is 2.84. The first-order valence-corrected chi connectivity index (χ1v) is 6.97. The van der Waals surface area contributed by atoms with E-state index >= 15 is 0 Å². The molecule has 0 fully saturated rings. The number of rotatable bonds is 2. The zero-order valence-corrected chi connectivity index (χ0v) is 9.35. The third-order valence-corrected chi connectivity index (χ3v) is 3.63. The van der Waals surface area contributed by atoms with Crippen LogP contribution < -0.4 is 5.19 Å². The first kappa shape index (κ1) is 9.01. The Morgan fingerprint density at radius 1 is 1.27 bits per heavy atom. The molecule has 0 saturated carbocycles. The highest BCUT2D eigenvalue weighted by molar-refractivity contribution is 9.23. The van der Waals surface area contributed by atoms with Gasteiger partial charge >= 0.3 is 0 Å². The van der Waals surface area contributed by atoms with Crippen LogP contribution in [0.3, 0.4) is 0 Å². The summed E-state index contributed by atoms with van der Waals surface area (Å²) in [5.41, 5.74) is 1.46. The van der Waals surface area contributed by atoms with Crippen molar-refractivity contribution >= 4 is 28.6 Å². The smallest absolute Gasteiger partial charge is 0.125 e. The normalized spacial score (nSPS) is 10.5. The molecule has 0 bridgehead atoms. The Labute approximate surface area is 78.4 Å². The molecule has 0 nitrogen and oxygen atoms in total. The Morgan fingerprint density at radius 3 is 2.36 bits per heavy atom. The largest absolute Gasteiger partial charge is 0.176 e. The first-order chi connectivity index (χ1) is 5.25. The van der Waals surface area contributed by atoms with Gasteiger partial charge in [-0.3, -0.25) is 0 Å². The number of hydrogen-bond acceptors (Lipinski definition) is 0. The summed E-state index contributed by atoms with van der Waals surface area (Å²) >= 11 is 3.50. The van der Waals surface area contributed by atoms with E-state index in [2.05, 4.69) is 53.4 Å². The summed E-state index contributed by atoms with van der Waals surface area (Å²) in [6.45, 7) is 4.46. The Hall–Kier alpha value is -0.0831. The topological polar surface area (TPSA) is 0 Å². The van der Waals surface area contributed by atoms with Crippen molar-refractivity contribution in [1.29, 1.82) is 0 Å². The third-order valence-electron chi connectivity index (χ3n) is 1.68. The van der Waals surface area contributed by atoms with E-state index in [9.17, 15) is 0 Å². The molecule has 0 unspecified atom stereocenters. The van der Waals surface area contributed by atoms with Crippen molar-refractivity contribution in [2.75, 3.05) is 0 Å². The molecule has 1 rings (SSSR count). The molecule has 0 heterocycles. The van der Waals surface area contributed by atoms with Gasteiger partial charge in [0.1, 0.15) is 0 Å². The fourth-order valence-electron chi connectivity index (χ4n) is 1.09. The number of hydrogen-bond donors (Lipinski definition) is 0. The number of benzene rings is 1. The van der Waals surface area contributed by atoms with Crippen molar-refractivity contribution in [3.63, 3.8) is 0 Å². The quantitative estimate of drug-likeness (QED) is 0.537. The standard InChI is InChI=1S/C9H11BrSi/c1-7(2)8-5-3-4-6-9(8)11-10/h3-7H,1-2H3. The van der Waals surface area contributed by atoms with E-state index in [1.54, 1.807) is 0 Å². The molecule has 0 spiro atoms. The van der Waals surface area contributed by atoms with Crippen molar-refractivity contribution in [1.82, 2.24) is 0 Å². The third kappa shape index (κ3) is 2.17. The van der Waals surface area contributed by atoms with Crippen LogP contribution in [0, 0.1) is 0 Å². The highest BCUT2D eigenvalue weighted by atomic mass is 79.9. The lowest BCUT2D eigenvalue weighted by molar-refractivity contribution is 0.873. The molecule has 0 atom stereocenters. The van der Waals surface area contributed by atoms with Crippen LogP contribution in [0.1, 0.15) is 25.3 Å². The molecule has 0 N–H and O–H groups in total. The zero-order valence-electron chi connectivity index (χ0n) is 6.76. The monoisotopic (exact) mass is 226 g/mol. The molecular formula is C9H11BrSi. The molecule has 0 aliphatic heterocycles. The lowest BCUT2D eigenvalue weighted by Gasteiger charge is -2.08. The molecule has 0 aromatic heterocycles. The average molecular weight is 227 g/mol. The van der Waals surface area contributed by atoms with E-state index in [0.29, 0.717) is 5.92 Å². The predicted molar refractivity (Wildman–Crippen MR) is 54.8 cm³/mol. The lowest BCUT2D eigenvalue weighted by atomic mass is 10.0. The van der Waals surface area contributed by atoms with Crippen LogP contribution in [-0.4, -0.2) is 8.14 Å². The van der Waals surface area contributed by atoms with Crippen LogP contribution >= 0.6 is 15.3 Å². The van der Waals surface area contributed by atoms with Crippen LogP contribution in [0.4, 0.5) is 0 Å². The van der Waals surface area contributed by atoms with Crippen molar-refractivity contribution in [2.24, 2.45) is 0 Å². The minimum Gasteiger partial charge on any atom is -0.125 e. The maximum Gasteiger partial charge on any atom is 0.176 e. The van der Waals surface area contributed by atoms with Crippen LogP contribution in [0.15, 0.2) is 24.3 Å². The fraction of sp³-hybridized carbons (Fsp3) is 0.333.